The van der Waals surface area contributed by atoms with Gasteiger partial charge in [0.1, 0.15) is 11.9 Å². The lowest BCUT2D eigenvalue weighted by Crippen LogP contribution is -2.47. The molecular weight excluding hydrogens is 234 g/mol. The van der Waals surface area contributed by atoms with Crippen molar-refractivity contribution in [1.82, 2.24) is 5.32 Å². The summed E-state index contributed by atoms with van der Waals surface area (Å²) in [7, 11) is 0. The highest BCUT2D eigenvalue weighted by atomic mass is 35.5. The van der Waals surface area contributed by atoms with Crippen molar-refractivity contribution in [3.05, 3.63) is 28.8 Å². The number of ether oxygens (including phenoxy) is 1. The van der Waals surface area contributed by atoms with E-state index in [0.717, 1.165) is 35.7 Å². The number of aryl methyl sites for hydroxylation is 1. The standard InChI is InChI=1S/C14H20ClNO/c1-3-6-16-12-8-13(9-12)17-14-7-11(15)5-4-10(14)2/h4-5,7,12-13,16H,3,6,8-9H2,1-2H3. The lowest BCUT2D eigenvalue weighted by atomic mass is 9.89. The molecule has 2 rings (SSSR count). The Kier molecular flexibility index (Phi) is 4.30. The zero-order valence-corrected chi connectivity index (χ0v) is 11.3. The summed E-state index contributed by atoms with van der Waals surface area (Å²) in [6.45, 7) is 5.35. The van der Waals surface area contributed by atoms with Gasteiger partial charge >= 0.3 is 0 Å². The Morgan fingerprint density at radius 3 is 2.88 bits per heavy atom. The van der Waals surface area contributed by atoms with E-state index in [4.69, 9.17) is 16.3 Å². The van der Waals surface area contributed by atoms with Gasteiger partial charge in [-0.2, -0.15) is 0 Å². The summed E-state index contributed by atoms with van der Waals surface area (Å²) in [5.74, 6) is 0.927. The Hall–Kier alpha value is -0.730. The molecule has 1 aromatic rings. The van der Waals surface area contributed by atoms with Gasteiger partial charge in [-0.1, -0.05) is 24.6 Å². The second kappa shape index (κ2) is 5.74. The highest BCUT2D eigenvalue weighted by Gasteiger charge is 2.30. The van der Waals surface area contributed by atoms with Crippen molar-refractivity contribution in [2.45, 2.75) is 45.3 Å². The third kappa shape index (κ3) is 3.36. The first-order valence-corrected chi connectivity index (χ1v) is 6.73. The smallest absolute Gasteiger partial charge is 0.124 e. The van der Waals surface area contributed by atoms with Crippen molar-refractivity contribution >= 4 is 11.6 Å². The lowest BCUT2D eigenvalue weighted by Gasteiger charge is -2.36. The van der Waals surface area contributed by atoms with Crippen molar-refractivity contribution in [2.24, 2.45) is 0 Å². The van der Waals surface area contributed by atoms with Gasteiger partial charge < -0.3 is 10.1 Å². The van der Waals surface area contributed by atoms with E-state index in [0.29, 0.717) is 12.1 Å². The average molecular weight is 254 g/mol. The summed E-state index contributed by atoms with van der Waals surface area (Å²) in [6.07, 6.45) is 3.74. The Morgan fingerprint density at radius 2 is 2.18 bits per heavy atom. The van der Waals surface area contributed by atoms with E-state index in [1.165, 1.54) is 6.42 Å². The number of benzene rings is 1. The Morgan fingerprint density at radius 1 is 1.41 bits per heavy atom. The molecule has 0 amide bonds. The number of rotatable bonds is 5. The fourth-order valence-corrected chi connectivity index (χ4v) is 2.22. The van der Waals surface area contributed by atoms with Crippen LogP contribution in [0.15, 0.2) is 18.2 Å². The predicted molar refractivity (Wildman–Crippen MR) is 71.9 cm³/mol. The quantitative estimate of drug-likeness (QED) is 0.867. The van der Waals surface area contributed by atoms with Crippen LogP contribution in [0.2, 0.25) is 5.02 Å². The maximum absolute atomic E-state index is 5.97. The molecule has 0 atom stereocenters. The van der Waals surface area contributed by atoms with Crippen molar-refractivity contribution in [3.63, 3.8) is 0 Å². The second-order valence-corrected chi connectivity index (χ2v) is 5.21. The molecule has 3 heteroatoms. The third-order valence-electron chi connectivity index (χ3n) is 3.22. The van der Waals surface area contributed by atoms with Crippen LogP contribution >= 0.6 is 11.6 Å². The van der Waals surface area contributed by atoms with Gasteiger partial charge in [-0.05, 0) is 50.4 Å². The first-order valence-electron chi connectivity index (χ1n) is 6.35. The van der Waals surface area contributed by atoms with Crippen molar-refractivity contribution < 1.29 is 4.74 Å². The van der Waals surface area contributed by atoms with E-state index in [1.54, 1.807) is 0 Å². The zero-order chi connectivity index (χ0) is 12.3. The van der Waals surface area contributed by atoms with E-state index in [-0.39, 0.29) is 0 Å². The minimum absolute atomic E-state index is 0.349. The molecule has 1 saturated carbocycles. The molecule has 1 aromatic carbocycles. The fourth-order valence-electron chi connectivity index (χ4n) is 2.06. The summed E-state index contributed by atoms with van der Waals surface area (Å²) in [6, 6.07) is 6.45. The third-order valence-corrected chi connectivity index (χ3v) is 3.46. The molecular formula is C14H20ClNO. The Balaban J connectivity index is 1.81. The zero-order valence-electron chi connectivity index (χ0n) is 10.5. The molecule has 1 N–H and O–H groups in total. The second-order valence-electron chi connectivity index (χ2n) is 4.77. The first-order chi connectivity index (χ1) is 8.19. The minimum Gasteiger partial charge on any atom is -0.490 e. The van der Waals surface area contributed by atoms with Crippen LogP contribution in [0.4, 0.5) is 0 Å². The fraction of sp³-hybridized carbons (Fsp3) is 0.571. The van der Waals surface area contributed by atoms with Gasteiger partial charge in [0, 0.05) is 11.1 Å². The van der Waals surface area contributed by atoms with Crippen LogP contribution in [-0.4, -0.2) is 18.7 Å². The van der Waals surface area contributed by atoms with Crippen LogP contribution < -0.4 is 10.1 Å². The summed E-state index contributed by atoms with van der Waals surface area (Å²) in [5, 5.41) is 4.25. The van der Waals surface area contributed by atoms with Crippen molar-refractivity contribution in [1.29, 1.82) is 0 Å². The molecule has 0 aromatic heterocycles. The van der Waals surface area contributed by atoms with Crippen LogP contribution in [0.5, 0.6) is 5.75 Å². The molecule has 0 bridgehead atoms. The van der Waals surface area contributed by atoms with E-state index in [2.05, 4.69) is 19.2 Å². The molecule has 0 spiro atoms. The van der Waals surface area contributed by atoms with Crippen LogP contribution in [0.1, 0.15) is 31.7 Å². The molecule has 94 valence electrons. The molecule has 0 saturated heterocycles. The number of hydrogen-bond acceptors (Lipinski definition) is 2. The first kappa shape index (κ1) is 12.7. The average Bonchev–Trinajstić information content (AvgIpc) is 2.26. The molecule has 17 heavy (non-hydrogen) atoms. The van der Waals surface area contributed by atoms with Crippen molar-refractivity contribution in [2.75, 3.05) is 6.54 Å². The molecule has 0 heterocycles. The van der Waals surface area contributed by atoms with E-state index < -0.39 is 0 Å². The van der Waals surface area contributed by atoms with Crippen molar-refractivity contribution in [3.8, 4) is 5.75 Å². The maximum atomic E-state index is 5.97. The van der Waals surface area contributed by atoms with Crippen LogP contribution in [0, 0.1) is 6.92 Å². The van der Waals surface area contributed by atoms with Crippen LogP contribution in [-0.2, 0) is 0 Å². The van der Waals surface area contributed by atoms with Gasteiger partial charge in [0.15, 0.2) is 0 Å². The van der Waals surface area contributed by atoms with Gasteiger partial charge in [-0.15, -0.1) is 0 Å². The lowest BCUT2D eigenvalue weighted by molar-refractivity contribution is 0.0846. The van der Waals surface area contributed by atoms with Gasteiger partial charge in [0.05, 0.1) is 0 Å². The topological polar surface area (TPSA) is 21.3 Å². The maximum Gasteiger partial charge on any atom is 0.124 e. The van der Waals surface area contributed by atoms with E-state index in [9.17, 15) is 0 Å². The Labute approximate surface area is 108 Å². The molecule has 2 nitrogen and oxygen atoms in total. The van der Waals surface area contributed by atoms with Gasteiger partial charge in [-0.3, -0.25) is 0 Å². The van der Waals surface area contributed by atoms with E-state index >= 15 is 0 Å². The number of halogens is 1. The molecule has 1 fully saturated rings. The molecule has 0 unspecified atom stereocenters. The van der Waals surface area contributed by atoms with Crippen LogP contribution in [0.25, 0.3) is 0 Å². The van der Waals surface area contributed by atoms with E-state index in [1.807, 2.05) is 18.2 Å². The highest BCUT2D eigenvalue weighted by Crippen LogP contribution is 2.29. The van der Waals surface area contributed by atoms with Crippen LogP contribution in [0.3, 0.4) is 0 Å². The highest BCUT2D eigenvalue weighted by molar-refractivity contribution is 6.30. The normalized spacial score (nSPS) is 23.2. The number of hydrogen-bond donors (Lipinski definition) is 1. The summed E-state index contributed by atoms with van der Waals surface area (Å²) < 4.78 is 5.95. The molecule has 1 aliphatic carbocycles. The molecule has 0 aliphatic heterocycles. The SMILES string of the molecule is CCCNC1CC(Oc2cc(Cl)ccc2C)C1. The molecule has 1 aliphatic rings. The number of nitrogens with one attached hydrogen (secondary N) is 1. The Bertz CT molecular complexity index is 374. The van der Waals surface area contributed by atoms with Gasteiger partial charge in [-0.25, -0.2) is 0 Å². The summed E-state index contributed by atoms with van der Waals surface area (Å²) >= 11 is 5.97. The molecule has 0 radical (unpaired) electrons. The predicted octanol–water partition coefficient (Wildman–Crippen LogP) is 3.56. The van der Waals surface area contributed by atoms with Gasteiger partial charge in [0.25, 0.3) is 0 Å². The van der Waals surface area contributed by atoms with Gasteiger partial charge in [0.2, 0.25) is 0 Å². The minimum atomic E-state index is 0.349. The monoisotopic (exact) mass is 253 g/mol. The summed E-state index contributed by atoms with van der Waals surface area (Å²) in [4.78, 5) is 0. The largest absolute Gasteiger partial charge is 0.490 e. The summed E-state index contributed by atoms with van der Waals surface area (Å²) in [5.41, 5.74) is 1.15.